The Kier molecular flexibility index (Phi) is 2.43. The molecule has 3 fully saturated rings. The Morgan fingerprint density at radius 2 is 1.93 bits per heavy atom. The van der Waals surface area contributed by atoms with E-state index in [1.807, 2.05) is 0 Å². The van der Waals surface area contributed by atoms with Crippen molar-refractivity contribution in [3.8, 4) is 0 Å². The normalized spacial score (nSPS) is 41.6. The van der Waals surface area contributed by atoms with Gasteiger partial charge in [-0.15, -0.1) is 0 Å². The van der Waals surface area contributed by atoms with E-state index in [-0.39, 0.29) is 0 Å². The lowest BCUT2D eigenvalue weighted by Gasteiger charge is -2.17. The lowest BCUT2D eigenvalue weighted by molar-refractivity contribution is 0.101. The molecule has 2 saturated heterocycles. The largest absolute Gasteiger partial charge is 0.387 e. The van der Waals surface area contributed by atoms with E-state index in [1.54, 1.807) is 0 Å². The molecule has 2 heterocycles. The van der Waals surface area contributed by atoms with Crippen LogP contribution in [0.3, 0.4) is 0 Å². The molecule has 3 nitrogen and oxygen atoms in total. The van der Waals surface area contributed by atoms with Crippen LogP contribution in [-0.4, -0.2) is 24.1 Å². The van der Waals surface area contributed by atoms with Gasteiger partial charge in [-0.2, -0.15) is 0 Å². The zero-order valence-electron chi connectivity index (χ0n) is 9.19. The molecule has 1 aliphatic carbocycles. The molecule has 3 aliphatic rings. The summed E-state index contributed by atoms with van der Waals surface area (Å²) in [6.45, 7) is 0. The highest BCUT2D eigenvalue weighted by Gasteiger charge is 2.41. The number of nitrogens with two attached hydrogens (primary N) is 1. The first-order valence-electron chi connectivity index (χ1n) is 6.31. The second-order valence-electron chi connectivity index (χ2n) is 5.21. The Balaban J connectivity index is 1.65. The maximum atomic E-state index is 6.09. The van der Waals surface area contributed by atoms with Gasteiger partial charge in [0.25, 0.3) is 0 Å². The van der Waals surface area contributed by atoms with Crippen LogP contribution in [0.4, 0.5) is 0 Å². The predicted molar refractivity (Wildman–Crippen MR) is 59.9 cm³/mol. The van der Waals surface area contributed by atoms with Crippen molar-refractivity contribution >= 4 is 5.84 Å². The highest BCUT2D eigenvalue weighted by atomic mass is 16.5. The van der Waals surface area contributed by atoms with Crippen molar-refractivity contribution in [2.45, 2.75) is 63.2 Å². The number of rotatable bonds is 2. The minimum atomic E-state index is 0.379. The summed E-state index contributed by atoms with van der Waals surface area (Å²) >= 11 is 0. The molecular formula is C12H20N2O. The van der Waals surface area contributed by atoms with E-state index in [9.17, 15) is 0 Å². The summed E-state index contributed by atoms with van der Waals surface area (Å²) in [6, 6.07) is 0.379. The average Bonchev–Trinajstić information content (AvgIpc) is 2.95. The quantitative estimate of drug-likeness (QED) is 0.556. The summed E-state index contributed by atoms with van der Waals surface area (Å²) in [4.78, 5) is 4.71. The topological polar surface area (TPSA) is 47.6 Å². The van der Waals surface area contributed by atoms with Crippen LogP contribution in [0.15, 0.2) is 4.99 Å². The first-order valence-corrected chi connectivity index (χ1v) is 6.31. The summed E-state index contributed by atoms with van der Waals surface area (Å²) in [5.41, 5.74) is 6.09. The monoisotopic (exact) mass is 208 g/mol. The van der Waals surface area contributed by atoms with Gasteiger partial charge >= 0.3 is 0 Å². The third-order valence-electron chi connectivity index (χ3n) is 4.16. The van der Waals surface area contributed by atoms with E-state index in [4.69, 9.17) is 15.5 Å². The fraction of sp³-hybridized carbons (Fsp3) is 0.917. The number of hydrogen-bond donors (Lipinski definition) is 1. The number of aliphatic imine (C=N–C) groups is 1. The van der Waals surface area contributed by atoms with Crippen LogP contribution in [0, 0.1) is 5.92 Å². The van der Waals surface area contributed by atoms with Gasteiger partial charge in [0.2, 0.25) is 0 Å². The van der Waals surface area contributed by atoms with Gasteiger partial charge in [-0.05, 0) is 32.1 Å². The van der Waals surface area contributed by atoms with Crippen LogP contribution >= 0.6 is 0 Å². The number of hydrogen-bond acceptors (Lipinski definition) is 2. The number of nitrogens with zero attached hydrogens (tertiary/aromatic N) is 1. The maximum Gasteiger partial charge on any atom is 0.0973 e. The summed E-state index contributed by atoms with van der Waals surface area (Å²) in [7, 11) is 0. The molecule has 0 aromatic carbocycles. The third kappa shape index (κ3) is 1.78. The summed E-state index contributed by atoms with van der Waals surface area (Å²) in [5.74, 6) is 1.48. The first kappa shape index (κ1) is 9.64. The molecule has 0 spiro atoms. The van der Waals surface area contributed by atoms with Crippen molar-refractivity contribution in [2.24, 2.45) is 16.6 Å². The highest BCUT2D eigenvalue weighted by molar-refractivity contribution is 5.83. The van der Waals surface area contributed by atoms with Gasteiger partial charge in [0.15, 0.2) is 0 Å². The van der Waals surface area contributed by atoms with E-state index < -0.39 is 0 Å². The van der Waals surface area contributed by atoms with E-state index in [0.29, 0.717) is 24.2 Å². The van der Waals surface area contributed by atoms with Crippen molar-refractivity contribution in [1.29, 1.82) is 0 Å². The molecular weight excluding hydrogens is 188 g/mol. The zero-order valence-corrected chi connectivity index (χ0v) is 9.19. The van der Waals surface area contributed by atoms with Gasteiger partial charge < -0.3 is 10.5 Å². The Morgan fingerprint density at radius 3 is 2.53 bits per heavy atom. The molecule has 3 unspecified atom stereocenters. The molecule has 3 rings (SSSR count). The van der Waals surface area contributed by atoms with E-state index in [0.717, 1.165) is 12.3 Å². The fourth-order valence-corrected chi connectivity index (χ4v) is 3.27. The SMILES string of the molecule is NC(=NC1CC2CCC1O2)C1CCCC1. The van der Waals surface area contributed by atoms with Crippen molar-refractivity contribution in [3.63, 3.8) is 0 Å². The first-order chi connectivity index (χ1) is 7.33. The Morgan fingerprint density at radius 1 is 1.13 bits per heavy atom. The number of ether oxygens (including phenoxy) is 1. The van der Waals surface area contributed by atoms with Crippen molar-refractivity contribution in [1.82, 2.24) is 0 Å². The number of fused-ring (bicyclic) bond motifs is 2. The zero-order chi connectivity index (χ0) is 10.3. The average molecular weight is 208 g/mol. The lowest BCUT2D eigenvalue weighted by Crippen LogP contribution is -2.28. The van der Waals surface area contributed by atoms with Crippen LogP contribution < -0.4 is 5.73 Å². The molecule has 2 N–H and O–H groups in total. The van der Waals surface area contributed by atoms with Gasteiger partial charge in [0.05, 0.1) is 24.1 Å². The van der Waals surface area contributed by atoms with Gasteiger partial charge in [-0.3, -0.25) is 4.99 Å². The highest BCUT2D eigenvalue weighted by Crippen LogP contribution is 2.36. The van der Waals surface area contributed by atoms with Gasteiger partial charge in [-0.1, -0.05) is 12.8 Å². The standard InChI is InChI=1S/C12H20N2O/c13-12(8-3-1-2-4-8)14-10-7-9-5-6-11(10)15-9/h8-11H,1-7H2,(H2,13,14). The molecule has 0 aromatic heterocycles. The maximum absolute atomic E-state index is 6.09. The van der Waals surface area contributed by atoms with E-state index >= 15 is 0 Å². The molecule has 1 saturated carbocycles. The molecule has 3 atom stereocenters. The van der Waals surface area contributed by atoms with E-state index in [2.05, 4.69) is 0 Å². The molecule has 2 bridgehead atoms. The minimum Gasteiger partial charge on any atom is -0.387 e. The van der Waals surface area contributed by atoms with Crippen LogP contribution in [0.25, 0.3) is 0 Å². The molecule has 0 aromatic rings. The van der Waals surface area contributed by atoms with Gasteiger partial charge in [0.1, 0.15) is 0 Å². The Hall–Kier alpha value is -0.570. The molecule has 0 radical (unpaired) electrons. The second-order valence-corrected chi connectivity index (χ2v) is 5.21. The summed E-state index contributed by atoms with van der Waals surface area (Å²) < 4.78 is 5.79. The molecule has 0 amide bonds. The van der Waals surface area contributed by atoms with E-state index in [1.165, 1.54) is 38.5 Å². The van der Waals surface area contributed by atoms with Crippen molar-refractivity contribution < 1.29 is 4.74 Å². The molecule has 84 valence electrons. The van der Waals surface area contributed by atoms with Crippen LogP contribution in [0.2, 0.25) is 0 Å². The van der Waals surface area contributed by atoms with Crippen LogP contribution in [-0.2, 0) is 4.74 Å². The fourth-order valence-electron chi connectivity index (χ4n) is 3.27. The van der Waals surface area contributed by atoms with Crippen molar-refractivity contribution in [3.05, 3.63) is 0 Å². The lowest BCUT2D eigenvalue weighted by atomic mass is 9.95. The second kappa shape index (κ2) is 3.78. The van der Waals surface area contributed by atoms with Gasteiger partial charge in [0, 0.05) is 5.92 Å². The minimum absolute atomic E-state index is 0.379. The molecule has 15 heavy (non-hydrogen) atoms. The molecule has 3 heteroatoms. The van der Waals surface area contributed by atoms with Crippen molar-refractivity contribution in [2.75, 3.05) is 0 Å². The molecule has 2 aliphatic heterocycles. The van der Waals surface area contributed by atoms with Crippen LogP contribution in [0.1, 0.15) is 44.9 Å². The number of amidine groups is 1. The Bertz CT molecular complexity index is 271. The van der Waals surface area contributed by atoms with Gasteiger partial charge in [-0.25, -0.2) is 0 Å². The summed E-state index contributed by atoms with van der Waals surface area (Å²) in [6.07, 6.45) is 9.56. The van der Waals surface area contributed by atoms with Crippen LogP contribution in [0.5, 0.6) is 0 Å². The predicted octanol–water partition coefficient (Wildman–Crippen LogP) is 1.85. The smallest absolute Gasteiger partial charge is 0.0973 e. The summed E-state index contributed by atoms with van der Waals surface area (Å²) in [5, 5.41) is 0. The third-order valence-corrected chi connectivity index (χ3v) is 4.16. The Labute approximate surface area is 91.1 Å².